The predicted molar refractivity (Wildman–Crippen MR) is 45.9 cm³/mol. The van der Waals surface area contributed by atoms with Crippen molar-refractivity contribution in [1.82, 2.24) is 0 Å². The summed E-state index contributed by atoms with van der Waals surface area (Å²) in [5.74, 6) is 0.734. The molecule has 2 heteroatoms. The third-order valence-electron chi connectivity index (χ3n) is 3.00. The summed E-state index contributed by atoms with van der Waals surface area (Å²) in [7, 11) is 0. The number of Topliss-reactive ketones (excluding diaryl/α,β-unsaturated/α-hetero) is 1. The zero-order valence-corrected chi connectivity index (χ0v) is 7.42. The van der Waals surface area contributed by atoms with Crippen LogP contribution in [-0.2, 0) is 9.53 Å². The van der Waals surface area contributed by atoms with Crippen LogP contribution in [0.5, 0.6) is 0 Å². The molecule has 0 radical (unpaired) electrons. The van der Waals surface area contributed by atoms with E-state index in [1.54, 1.807) is 0 Å². The van der Waals surface area contributed by atoms with Crippen LogP contribution in [0.25, 0.3) is 0 Å². The molecule has 68 valence electrons. The van der Waals surface area contributed by atoms with Crippen LogP contribution in [0.2, 0.25) is 0 Å². The molecule has 0 bridgehead atoms. The van der Waals surface area contributed by atoms with Gasteiger partial charge in [-0.05, 0) is 25.7 Å². The van der Waals surface area contributed by atoms with Gasteiger partial charge in [-0.3, -0.25) is 4.79 Å². The number of rotatable bonds is 2. The number of hydrogen-bond acceptors (Lipinski definition) is 2. The smallest absolute Gasteiger partial charge is 0.164 e. The molecule has 2 fully saturated rings. The van der Waals surface area contributed by atoms with Crippen molar-refractivity contribution in [3.63, 3.8) is 0 Å². The second kappa shape index (κ2) is 3.56. The van der Waals surface area contributed by atoms with Gasteiger partial charge in [0.25, 0.3) is 0 Å². The van der Waals surface area contributed by atoms with E-state index in [1.807, 2.05) is 0 Å². The van der Waals surface area contributed by atoms with E-state index in [4.69, 9.17) is 4.74 Å². The minimum atomic E-state index is -0.0342. The highest BCUT2D eigenvalue weighted by Gasteiger charge is 2.31. The lowest BCUT2D eigenvalue weighted by Crippen LogP contribution is -2.25. The van der Waals surface area contributed by atoms with Crippen LogP contribution < -0.4 is 0 Å². The van der Waals surface area contributed by atoms with Gasteiger partial charge in [0.15, 0.2) is 5.78 Å². The van der Waals surface area contributed by atoms with Crippen molar-refractivity contribution in [3.05, 3.63) is 0 Å². The first-order valence-corrected chi connectivity index (χ1v) is 5.03. The lowest BCUT2D eigenvalue weighted by Gasteiger charge is -2.12. The molecular formula is C10H16O2. The Labute approximate surface area is 73.3 Å². The Bertz CT molecular complexity index is 147. The highest BCUT2D eigenvalue weighted by Crippen LogP contribution is 2.29. The molecular weight excluding hydrogens is 152 g/mol. The fourth-order valence-electron chi connectivity index (χ4n) is 2.28. The zero-order chi connectivity index (χ0) is 8.39. The standard InChI is InChI=1S/C10H16O2/c11-10(8-4-1-2-5-8)9-6-3-7-12-9/h8-9H,1-7H2. The maximum absolute atomic E-state index is 11.7. The highest BCUT2D eigenvalue weighted by atomic mass is 16.5. The van der Waals surface area contributed by atoms with E-state index >= 15 is 0 Å². The molecule has 1 aliphatic carbocycles. The van der Waals surface area contributed by atoms with Gasteiger partial charge in [-0.15, -0.1) is 0 Å². The van der Waals surface area contributed by atoms with E-state index in [-0.39, 0.29) is 6.10 Å². The number of carbonyl (C=O) groups is 1. The van der Waals surface area contributed by atoms with E-state index in [1.165, 1.54) is 12.8 Å². The largest absolute Gasteiger partial charge is 0.370 e. The summed E-state index contributed by atoms with van der Waals surface area (Å²) in [5.41, 5.74) is 0. The molecule has 2 nitrogen and oxygen atoms in total. The first kappa shape index (κ1) is 8.24. The van der Waals surface area contributed by atoms with Crippen LogP contribution in [0.3, 0.4) is 0 Å². The Hall–Kier alpha value is -0.370. The molecule has 2 rings (SSSR count). The average molecular weight is 168 g/mol. The van der Waals surface area contributed by atoms with Gasteiger partial charge in [-0.2, -0.15) is 0 Å². The average Bonchev–Trinajstić information content (AvgIpc) is 2.77. The van der Waals surface area contributed by atoms with Gasteiger partial charge in [0, 0.05) is 12.5 Å². The summed E-state index contributed by atoms with van der Waals surface area (Å²) in [5, 5.41) is 0. The molecule has 2 aliphatic rings. The van der Waals surface area contributed by atoms with Crippen molar-refractivity contribution in [2.24, 2.45) is 5.92 Å². The van der Waals surface area contributed by atoms with Crippen molar-refractivity contribution in [1.29, 1.82) is 0 Å². The molecule has 0 aromatic carbocycles. The number of ether oxygens (including phenoxy) is 1. The maximum atomic E-state index is 11.7. The van der Waals surface area contributed by atoms with E-state index in [0.29, 0.717) is 11.7 Å². The second-order valence-corrected chi connectivity index (χ2v) is 3.89. The summed E-state index contributed by atoms with van der Waals surface area (Å²) >= 11 is 0. The summed E-state index contributed by atoms with van der Waals surface area (Å²) in [6.07, 6.45) is 6.70. The highest BCUT2D eigenvalue weighted by molar-refractivity contribution is 5.85. The summed E-state index contributed by atoms with van der Waals surface area (Å²) < 4.78 is 5.38. The first-order chi connectivity index (χ1) is 5.88. The van der Waals surface area contributed by atoms with E-state index < -0.39 is 0 Å². The second-order valence-electron chi connectivity index (χ2n) is 3.89. The van der Waals surface area contributed by atoms with Crippen LogP contribution in [0.15, 0.2) is 0 Å². The lowest BCUT2D eigenvalue weighted by atomic mass is 9.97. The van der Waals surface area contributed by atoms with Crippen molar-refractivity contribution in [3.8, 4) is 0 Å². The van der Waals surface area contributed by atoms with Gasteiger partial charge in [-0.25, -0.2) is 0 Å². The van der Waals surface area contributed by atoms with Crippen molar-refractivity contribution >= 4 is 5.78 Å². The molecule has 1 aliphatic heterocycles. The molecule has 0 amide bonds. The molecule has 0 aromatic heterocycles. The van der Waals surface area contributed by atoms with Gasteiger partial charge in [0.1, 0.15) is 6.10 Å². The first-order valence-electron chi connectivity index (χ1n) is 5.03. The molecule has 1 atom stereocenters. The molecule has 0 aromatic rings. The van der Waals surface area contributed by atoms with Gasteiger partial charge in [0.2, 0.25) is 0 Å². The van der Waals surface area contributed by atoms with Crippen LogP contribution in [-0.4, -0.2) is 18.5 Å². The summed E-state index contributed by atoms with van der Waals surface area (Å²) in [6.45, 7) is 0.795. The molecule has 0 spiro atoms. The molecule has 1 heterocycles. The van der Waals surface area contributed by atoms with Crippen LogP contribution in [0.4, 0.5) is 0 Å². The maximum Gasteiger partial charge on any atom is 0.164 e. The quantitative estimate of drug-likeness (QED) is 0.629. The van der Waals surface area contributed by atoms with Gasteiger partial charge in [-0.1, -0.05) is 12.8 Å². The van der Waals surface area contributed by atoms with Crippen molar-refractivity contribution in [2.75, 3.05) is 6.61 Å². The predicted octanol–water partition coefficient (Wildman–Crippen LogP) is 1.92. The Morgan fingerprint density at radius 3 is 2.42 bits per heavy atom. The van der Waals surface area contributed by atoms with Crippen LogP contribution in [0, 0.1) is 5.92 Å². The molecule has 1 saturated carbocycles. The molecule has 1 unspecified atom stereocenters. The normalized spacial score (nSPS) is 31.2. The van der Waals surface area contributed by atoms with Crippen molar-refractivity contribution < 1.29 is 9.53 Å². The Kier molecular flexibility index (Phi) is 2.45. The van der Waals surface area contributed by atoms with Crippen molar-refractivity contribution in [2.45, 2.75) is 44.6 Å². The minimum Gasteiger partial charge on any atom is -0.370 e. The summed E-state index contributed by atoms with van der Waals surface area (Å²) in [6, 6.07) is 0. The van der Waals surface area contributed by atoms with Gasteiger partial charge in [0.05, 0.1) is 0 Å². The van der Waals surface area contributed by atoms with E-state index in [2.05, 4.69) is 0 Å². The number of ketones is 1. The van der Waals surface area contributed by atoms with E-state index in [0.717, 1.165) is 32.3 Å². The molecule has 1 saturated heterocycles. The van der Waals surface area contributed by atoms with Crippen LogP contribution in [0.1, 0.15) is 38.5 Å². The fraction of sp³-hybridized carbons (Fsp3) is 0.900. The lowest BCUT2D eigenvalue weighted by molar-refractivity contribution is -0.131. The monoisotopic (exact) mass is 168 g/mol. The SMILES string of the molecule is O=C(C1CCCC1)C1CCCO1. The minimum absolute atomic E-state index is 0.0342. The third-order valence-corrected chi connectivity index (χ3v) is 3.00. The molecule has 12 heavy (non-hydrogen) atoms. The molecule has 0 N–H and O–H groups in total. The van der Waals surface area contributed by atoms with Gasteiger partial charge >= 0.3 is 0 Å². The Morgan fingerprint density at radius 2 is 1.83 bits per heavy atom. The zero-order valence-electron chi connectivity index (χ0n) is 7.42. The van der Waals surface area contributed by atoms with Crippen LogP contribution >= 0.6 is 0 Å². The number of carbonyl (C=O) groups excluding carboxylic acids is 1. The Morgan fingerprint density at radius 1 is 1.08 bits per heavy atom. The fourth-order valence-corrected chi connectivity index (χ4v) is 2.28. The van der Waals surface area contributed by atoms with Gasteiger partial charge < -0.3 is 4.74 Å². The summed E-state index contributed by atoms with van der Waals surface area (Å²) in [4.78, 5) is 11.7. The number of hydrogen-bond donors (Lipinski definition) is 0. The Balaban J connectivity index is 1.89. The van der Waals surface area contributed by atoms with E-state index in [9.17, 15) is 4.79 Å². The topological polar surface area (TPSA) is 26.3 Å². The third kappa shape index (κ3) is 1.53.